The molecule has 0 unspecified atom stereocenters. The lowest BCUT2D eigenvalue weighted by Gasteiger charge is -2.05. The number of aromatic amines is 1. The van der Waals surface area contributed by atoms with Gasteiger partial charge in [-0.2, -0.15) is 0 Å². The van der Waals surface area contributed by atoms with E-state index in [4.69, 9.17) is 17.3 Å². The fourth-order valence-electron chi connectivity index (χ4n) is 2.16. The Morgan fingerprint density at radius 2 is 2.00 bits per heavy atom. The van der Waals surface area contributed by atoms with Crippen molar-refractivity contribution in [2.75, 3.05) is 5.73 Å². The number of aromatic nitrogens is 1. The van der Waals surface area contributed by atoms with Crippen LogP contribution in [0.15, 0.2) is 42.6 Å². The molecule has 5 heteroatoms. The molecule has 0 aliphatic heterocycles. The van der Waals surface area contributed by atoms with Crippen LogP contribution < -0.4 is 5.73 Å². The lowest BCUT2D eigenvalue weighted by molar-refractivity contribution is 0.104. The van der Waals surface area contributed by atoms with E-state index < -0.39 is 5.82 Å². The van der Waals surface area contributed by atoms with Gasteiger partial charge in [0.1, 0.15) is 5.82 Å². The molecule has 0 atom stereocenters. The van der Waals surface area contributed by atoms with E-state index in [-0.39, 0.29) is 11.5 Å². The number of carbonyl (C=O) groups excluding carboxylic acids is 1. The fourth-order valence-corrected chi connectivity index (χ4v) is 2.34. The van der Waals surface area contributed by atoms with Crippen LogP contribution >= 0.6 is 11.6 Å². The third kappa shape index (κ3) is 1.94. The zero-order valence-corrected chi connectivity index (χ0v) is 11.0. The molecule has 0 aliphatic carbocycles. The summed E-state index contributed by atoms with van der Waals surface area (Å²) in [7, 11) is 0. The normalized spacial score (nSPS) is 10.9. The van der Waals surface area contributed by atoms with Crippen LogP contribution in [0.1, 0.15) is 15.9 Å². The average molecular weight is 289 g/mol. The number of nitrogens with one attached hydrogen (secondary N) is 1. The van der Waals surface area contributed by atoms with E-state index in [2.05, 4.69) is 4.98 Å². The first-order valence-corrected chi connectivity index (χ1v) is 6.31. The van der Waals surface area contributed by atoms with Crippen molar-refractivity contribution in [3.8, 4) is 0 Å². The molecule has 3 N–H and O–H groups in total. The van der Waals surface area contributed by atoms with Gasteiger partial charge in [0.05, 0.1) is 10.7 Å². The van der Waals surface area contributed by atoms with E-state index in [9.17, 15) is 9.18 Å². The number of hydrogen-bond donors (Lipinski definition) is 2. The molecule has 20 heavy (non-hydrogen) atoms. The lowest BCUT2D eigenvalue weighted by atomic mass is 10.0. The van der Waals surface area contributed by atoms with Gasteiger partial charge >= 0.3 is 0 Å². The Kier molecular flexibility index (Phi) is 2.95. The molecular weight excluding hydrogens is 279 g/mol. The minimum atomic E-state index is -0.398. The maximum atomic E-state index is 13.3. The number of carbonyl (C=O) groups is 1. The maximum Gasteiger partial charge on any atom is 0.197 e. The quantitative estimate of drug-likeness (QED) is 0.557. The summed E-state index contributed by atoms with van der Waals surface area (Å²) in [5, 5.41) is 0.844. The number of hydrogen-bond acceptors (Lipinski definition) is 2. The molecule has 0 bridgehead atoms. The Hall–Kier alpha value is -2.33. The van der Waals surface area contributed by atoms with Crippen LogP contribution in [0.2, 0.25) is 5.02 Å². The fraction of sp³-hybridized carbons (Fsp3) is 0. The number of nitrogen functional groups attached to an aromatic ring is 1. The van der Waals surface area contributed by atoms with Gasteiger partial charge in [-0.25, -0.2) is 4.39 Å². The largest absolute Gasteiger partial charge is 0.397 e. The smallest absolute Gasteiger partial charge is 0.197 e. The molecule has 100 valence electrons. The van der Waals surface area contributed by atoms with E-state index in [0.717, 1.165) is 0 Å². The monoisotopic (exact) mass is 288 g/mol. The highest BCUT2D eigenvalue weighted by molar-refractivity contribution is 6.34. The Morgan fingerprint density at radius 1 is 1.20 bits per heavy atom. The van der Waals surface area contributed by atoms with Gasteiger partial charge in [0.2, 0.25) is 0 Å². The standard InChI is InChI=1S/C15H10ClFN2O/c16-12-3-1-2-9(14(12)18)15(20)11-7-19-13-5-4-8(17)6-10(11)13/h1-7,19H,18H2. The predicted molar refractivity (Wildman–Crippen MR) is 77.6 cm³/mol. The molecule has 1 aromatic heterocycles. The molecule has 3 nitrogen and oxygen atoms in total. The highest BCUT2D eigenvalue weighted by Crippen LogP contribution is 2.27. The van der Waals surface area contributed by atoms with Crippen molar-refractivity contribution in [1.29, 1.82) is 0 Å². The molecule has 0 radical (unpaired) electrons. The molecule has 3 rings (SSSR count). The molecule has 0 amide bonds. The highest BCUT2D eigenvalue weighted by atomic mass is 35.5. The number of ketones is 1. The molecular formula is C15H10ClFN2O. The van der Waals surface area contributed by atoms with Crippen molar-refractivity contribution < 1.29 is 9.18 Å². The van der Waals surface area contributed by atoms with Crippen molar-refractivity contribution in [1.82, 2.24) is 4.98 Å². The third-order valence-electron chi connectivity index (χ3n) is 3.19. The number of H-pyrrole nitrogens is 1. The van der Waals surface area contributed by atoms with Crippen molar-refractivity contribution in [3.63, 3.8) is 0 Å². The Bertz CT molecular complexity index is 826. The number of halogens is 2. The molecule has 1 heterocycles. The van der Waals surface area contributed by atoms with Crippen molar-refractivity contribution in [2.45, 2.75) is 0 Å². The van der Waals surface area contributed by atoms with Crippen LogP contribution in [-0.2, 0) is 0 Å². The van der Waals surface area contributed by atoms with Gasteiger partial charge in [-0.15, -0.1) is 0 Å². The van der Waals surface area contributed by atoms with Crippen LogP contribution in [0.3, 0.4) is 0 Å². The summed E-state index contributed by atoms with van der Waals surface area (Å²) >= 11 is 5.92. The lowest BCUT2D eigenvalue weighted by Crippen LogP contribution is -2.05. The summed E-state index contributed by atoms with van der Waals surface area (Å²) in [6.07, 6.45) is 1.55. The van der Waals surface area contributed by atoms with Gasteiger partial charge in [0, 0.05) is 28.2 Å². The van der Waals surface area contributed by atoms with Crippen LogP contribution in [0.4, 0.5) is 10.1 Å². The summed E-state index contributed by atoms with van der Waals surface area (Å²) in [5.41, 5.74) is 7.42. The van der Waals surface area contributed by atoms with Gasteiger partial charge in [-0.05, 0) is 30.3 Å². The first kappa shape index (κ1) is 12.7. The van der Waals surface area contributed by atoms with Crippen LogP contribution in [0, 0.1) is 5.82 Å². The summed E-state index contributed by atoms with van der Waals surface area (Å²) in [6.45, 7) is 0. The number of anilines is 1. The van der Waals surface area contributed by atoms with Crippen LogP contribution in [-0.4, -0.2) is 10.8 Å². The second-order valence-corrected chi connectivity index (χ2v) is 4.83. The predicted octanol–water partition coefficient (Wildman–Crippen LogP) is 3.77. The van der Waals surface area contributed by atoms with E-state index >= 15 is 0 Å². The van der Waals surface area contributed by atoms with E-state index in [1.165, 1.54) is 12.1 Å². The number of benzene rings is 2. The number of fused-ring (bicyclic) bond motifs is 1. The summed E-state index contributed by atoms with van der Waals surface area (Å²) in [6, 6.07) is 9.11. The highest BCUT2D eigenvalue weighted by Gasteiger charge is 2.17. The maximum absolute atomic E-state index is 13.3. The zero-order chi connectivity index (χ0) is 14.3. The van der Waals surface area contributed by atoms with Crippen LogP contribution in [0.25, 0.3) is 10.9 Å². The minimum absolute atomic E-state index is 0.227. The van der Waals surface area contributed by atoms with Gasteiger partial charge in [-0.1, -0.05) is 17.7 Å². The third-order valence-corrected chi connectivity index (χ3v) is 3.52. The van der Waals surface area contributed by atoms with Gasteiger partial charge < -0.3 is 10.7 Å². The van der Waals surface area contributed by atoms with Crippen molar-refractivity contribution >= 4 is 34.0 Å². The Morgan fingerprint density at radius 3 is 2.80 bits per heavy atom. The molecule has 0 saturated heterocycles. The molecule has 0 fully saturated rings. The van der Waals surface area contributed by atoms with E-state index in [1.54, 1.807) is 30.5 Å². The summed E-state index contributed by atoms with van der Waals surface area (Å²) in [5.74, 6) is -0.688. The zero-order valence-electron chi connectivity index (χ0n) is 10.3. The van der Waals surface area contributed by atoms with Crippen molar-refractivity contribution in [2.24, 2.45) is 0 Å². The SMILES string of the molecule is Nc1c(Cl)cccc1C(=O)c1c[nH]c2ccc(F)cc12. The Balaban J connectivity index is 2.18. The first-order valence-electron chi connectivity index (χ1n) is 5.93. The first-order chi connectivity index (χ1) is 9.58. The summed E-state index contributed by atoms with van der Waals surface area (Å²) in [4.78, 5) is 15.5. The van der Waals surface area contributed by atoms with Gasteiger partial charge in [0.25, 0.3) is 0 Å². The summed E-state index contributed by atoms with van der Waals surface area (Å²) < 4.78 is 13.3. The number of nitrogens with two attached hydrogens (primary N) is 1. The van der Waals surface area contributed by atoms with E-state index in [0.29, 0.717) is 27.1 Å². The molecule has 2 aromatic carbocycles. The van der Waals surface area contributed by atoms with Crippen LogP contribution in [0.5, 0.6) is 0 Å². The number of rotatable bonds is 2. The molecule has 0 saturated carbocycles. The average Bonchev–Trinajstić information content (AvgIpc) is 2.84. The number of para-hydroxylation sites is 1. The second kappa shape index (κ2) is 4.65. The van der Waals surface area contributed by atoms with E-state index in [1.807, 2.05) is 0 Å². The van der Waals surface area contributed by atoms with Crippen molar-refractivity contribution in [3.05, 3.63) is 64.6 Å². The Labute approximate surface area is 119 Å². The topological polar surface area (TPSA) is 58.9 Å². The minimum Gasteiger partial charge on any atom is -0.397 e. The van der Waals surface area contributed by atoms with Gasteiger partial charge in [-0.3, -0.25) is 4.79 Å². The molecule has 0 spiro atoms. The second-order valence-electron chi connectivity index (χ2n) is 4.42. The molecule has 3 aromatic rings. The van der Waals surface area contributed by atoms with Gasteiger partial charge in [0.15, 0.2) is 5.78 Å². The molecule has 0 aliphatic rings.